The number of ether oxygens (including phenoxy) is 1. The summed E-state index contributed by atoms with van der Waals surface area (Å²) < 4.78 is 33.2. The third-order valence-electron chi connectivity index (χ3n) is 4.39. The maximum atomic E-state index is 13.0. The predicted octanol–water partition coefficient (Wildman–Crippen LogP) is 2.97. The molecule has 0 spiro atoms. The summed E-state index contributed by atoms with van der Waals surface area (Å²) in [6.07, 6.45) is 0.569. The predicted molar refractivity (Wildman–Crippen MR) is 108 cm³/mol. The molecular weight excluding hydrogens is 432 g/mol. The van der Waals surface area contributed by atoms with E-state index in [1.807, 2.05) is 6.92 Å². The smallest absolute Gasteiger partial charge is 0.264 e. The maximum Gasteiger partial charge on any atom is 0.264 e. The summed E-state index contributed by atoms with van der Waals surface area (Å²) in [5, 5.41) is 2.86. The molecule has 144 valence electrons. The number of anilines is 1. The number of hydrogen-bond acceptors (Lipinski definition) is 4. The van der Waals surface area contributed by atoms with E-state index in [4.69, 9.17) is 4.74 Å². The fraction of sp³-hybridized carbons (Fsp3) is 0.316. The van der Waals surface area contributed by atoms with Crippen molar-refractivity contribution in [2.75, 3.05) is 24.6 Å². The quantitative estimate of drug-likeness (QED) is 0.730. The Morgan fingerprint density at radius 1 is 1.26 bits per heavy atom. The Kier molecular flexibility index (Phi) is 5.88. The third kappa shape index (κ3) is 4.17. The van der Waals surface area contributed by atoms with Crippen LogP contribution in [0.1, 0.15) is 22.8 Å². The highest BCUT2D eigenvalue weighted by Crippen LogP contribution is 2.33. The van der Waals surface area contributed by atoms with Gasteiger partial charge in [-0.2, -0.15) is 0 Å². The van der Waals surface area contributed by atoms with Crippen LogP contribution in [0.5, 0.6) is 0 Å². The van der Waals surface area contributed by atoms with Crippen molar-refractivity contribution < 1.29 is 17.9 Å². The maximum absolute atomic E-state index is 13.0. The summed E-state index contributed by atoms with van der Waals surface area (Å²) in [6.45, 7) is 2.65. The first-order chi connectivity index (χ1) is 12.8. The number of benzene rings is 2. The highest BCUT2D eigenvalue weighted by molar-refractivity contribution is 9.10. The van der Waals surface area contributed by atoms with Gasteiger partial charge in [-0.1, -0.05) is 15.9 Å². The van der Waals surface area contributed by atoms with Gasteiger partial charge in [-0.25, -0.2) is 8.42 Å². The molecule has 8 heteroatoms. The average Bonchev–Trinajstić information content (AvgIpc) is 3.06. The van der Waals surface area contributed by atoms with E-state index >= 15 is 0 Å². The molecule has 1 amide bonds. The first-order valence-corrected chi connectivity index (χ1v) is 10.8. The summed E-state index contributed by atoms with van der Waals surface area (Å²) in [6, 6.07) is 11.6. The Morgan fingerprint density at radius 2 is 1.96 bits per heavy atom. The van der Waals surface area contributed by atoms with Crippen LogP contribution in [0.4, 0.5) is 5.69 Å². The number of methoxy groups -OCH3 is 1. The molecule has 6 nitrogen and oxygen atoms in total. The van der Waals surface area contributed by atoms with Crippen molar-refractivity contribution in [3.63, 3.8) is 0 Å². The normalized spacial score (nSPS) is 14.7. The number of carbonyl (C=O) groups is 1. The minimum Gasteiger partial charge on any atom is -0.383 e. The molecular formula is C19H21BrN2O4S. The van der Waals surface area contributed by atoms with Crippen LogP contribution in [0.15, 0.2) is 51.8 Å². The average molecular weight is 453 g/mol. The zero-order valence-electron chi connectivity index (χ0n) is 15.1. The van der Waals surface area contributed by atoms with E-state index in [1.165, 1.54) is 4.31 Å². The Morgan fingerprint density at radius 3 is 2.63 bits per heavy atom. The summed E-state index contributed by atoms with van der Waals surface area (Å²) in [7, 11) is -2.05. The van der Waals surface area contributed by atoms with Crippen molar-refractivity contribution >= 4 is 37.5 Å². The summed E-state index contributed by atoms with van der Waals surface area (Å²) in [5.41, 5.74) is 1.99. The molecule has 3 rings (SSSR count). The summed E-state index contributed by atoms with van der Waals surface area (Å²) in [5.74, 6) is -0.198. The van der Waals surface area contributed by atoms with Crippen molar-refractivity contribution in [3.8, 4) is 0 Å². The number of amides is 1. The lowest BCUT2D eigenvalue weighted by atomic mass is 10.1. The minimum atomic E-state index is -3.63. The van der Waals surface area contributed by atoms with Crippen molar-refractivity contribution in [1.82, 2.24) is 5.32 Å². The van der Waals surface area contributed by atoms with Gasteiger partial charge in [-0.05, 0) is 61.4 Å². The largest absolute Gasteiger partial charge is 0.383 e. The molecule has 0 aromatic heterocycles. The van der Waals surface area contributed by atoms with Gasteiger partial charge in [0.15, 0.2) is 0 Å². The monoisotopic (exact) mass is 452 g/mol. The number of hydrogen-bond donors (Lipinski definition) is 1. The molecule has 1 N–H and O–H groups in total. The zero-order chi connectivity index (χ0) is 19.6. The first-order valence-electron chi connectivity index (χ1n) is 8.54. The van der Waals surface area contributed by atoms with E-state index in [-0.39, 0.29) is 16.8 Å². The van der Waals surface area contributed by atoms with Gasteiger partial charge in [0, 0.05) is 29.7 Å². The lowest BCUT2D eigenvalue weighted by molar-refractivity contribution is 0.0905. The van der Waals surface area contributed by atoms with Crippen LogP contribution in [0.25, 0.3) is 0 Å². The second-order valence-electron chi connectivity index (χ2n) is 6.45. The molecule has 1 aliphatic rings. The van der Waals surface area contributed by atoms with Crippen molar-refractivity contribution in [3.05, 3.63) is 58.1 Å². The molecule has 0 aliphatic carbocycles. The van der Waals surface area contributed by atoms with Gasteiger partial charge < -0.3 is 10.1 Å². The van der Waals surface area contributed by atoms with Crippen LogP contribution >= 0.6 is 15.9 Å². The third-order valence-corrected chi connectivity index (χ3v) is 6.75. The minimum absolute atomic E-state index is 0.106. The molecule has 0 radical (unpaired) electrons. The Hall–Kier alpha value is -1.90. The standard InChI is InChI=1S/C19H21BrN2O4S/c1-13(12-26-2)21-19(23)15-3-8-18-14(11-15)9-10-22(18)27(24,25)17-6-4-16(20)5-7-17/h3-8,11,13H,9-10,12H2,1-2H3,(H,21,23)/t13-/m0/s1. The number of nitrogens with one attached hydrogen (secondary N) is 1. The molecule has 0 bridgehead atoms. The van der Waals surface area contributed by atoms with Crippen LogP contribution in [0, 0.1) is 0 Å². The first kappa shape index (κ1) is 19.9. The summed E-state index contributed by atoms with van der Waals surface area (Å²) >= 11 is 3.32. The van der Waals surface area contributed by atoms with E-state index in [0.717, 1.165) is 10.0 Å². The zero-order valence-corrected chi connectivity index (χ0v) is 17.5. The molecule has 1 atom stereocenters. The summed E-state index contributed by atoms with van der Waals surface area (Å²) in [4.78, 5) is 12.6. The van der Waals surface area contributed by atoms with Crippen LogP contribution in [0.3, 0.4) is 0 Å². The molecule has 1 aliphatic heterocycles. The van der Waals surface area contributed by atoms with Gasteiger partial charge in [0.25, 0.3) is 15.9 Å². The van der Waals surface area contributed by atoms with Crippen LogP contribution in [-0.2, 0) is 21.2 Å². The molecule has 27 heavy (non-hydrogen) atoms. The van der Waals surface area contributed by atoms with Crippen molar-refractivity contribution in [1.29, 1.82) is 0 Å². The van der Waals surface area contributed by atoms with E-state index in [0.29, 0.717) is 30.8 Å². The fourth-order valence-corrected chi connectivity index (χ4v) is 4.86. The van der Waals surface area contributed by atoms with Gasteiger partial charge in [0.2, 0.25) is 0 Å². The van der Waals surface area contributed by atoms with E-state index in [9.17, 15) is 13.2 Å². The van der Waals surface area contributed by atoms with Gasteiger partial charge in [0.05, 0.1) is 17.2 Å². The van der Waals surface area contributed by atoms with Gasteiger partial charge >= 0.3 is 0 Å². The number of nitrogens with zero attached hydrogens (tertiary/aromatic N) is 1. The Balaban J connectivity index is 1.84. The SMILES string of the molecule is COC[C@H](C)NC(=O)c1ccc2c(c1)CCN2S(=O)(=O)c1ccc(Br)cc1. The molecule has 0 saturated carbocycles. The molecule has 0 fully saturated rings. The van der Waals surface area contributed by atoms with Crippen molar-refractivity contribution in [2.24, 2.45) is 0 Å². The highest BCUT2D eigenvalue weighted by atomic mass is 79.9. The molecule has 2 aromatic carbocycles. The number of carbonyl (C=O) groups excluding carboxylic acids is 1. The van der Waals surface area contributed by atoms with E-state index < -0.39 is 10.0 Å². The molecule has 0 unspecified atom stereocenters. The highest BCUT2D eigenvalue weighted by Gasteiger charge is 2.31. The van der Waals surface area contributed by atoms with E-state index in [2.05, 4.69) is 21.2 Å². The molecule has 1 heterocycles. The topological polar surface area (TPSA) is 75.7 Å². The lowest BCUT2D eigenvalue weighted by Crippen LogP contribution is -2.35. The van der Waals surface area contributed by atoms with E-state index in [1.54, 1.807) is 49.6 Å². The fourth-order valence-electron chi connectivity index (χ4n) is 3.09. The Labute approximate surface area is 167 Å². The second-order valence-corrected chi connectivity index (χ2v) is 9.23. The van der Waals surface area contributed by atoms with Gasteiger partial charge in [0.1, 0.15) is 0 Å². The van der Waals surface area contributed by atoms with Crippen LogP contribution < -0.4 is 9.62 Å². The Bertz CT molecular complexity index is 945. The number of fused-ring (bicyclic) bond motifs is 1. The molecule has 0 saturated heterocycles. The van der Waals surface area contributed by atoms with Crippen LogP contribution in [0.2, 0.25) is 0 Å². The van der Waals surface area contributed by atoms with Gasteiger partial charge in [-0.3, -0.25) is 9.10 Å². The van der Waals surface area contributed by atoms with Crippen LogP contribution in [-0.4, -0.2) is 40.6 Å². The molecule has 2 aromatic rings. The number of sulfonamides is 1. The van der Waals surface area contributed by atoms with Gasteiger partial charge in [-0.15, -0.1) is 0 Å². The number of rotatable bonds is 6. The lowest BCUT2D eigenvalue weighted by Gasteiger charge is -2.20. The second kappa shape index (κ2) is 8.00. The number of halogens is 1. The van der Waals surface area contributed by atoms with Crippen molar-refractivity contribution in [2.45, 2.75) is 24.3 Å².